The lowest BCUT2D eigenvalue weighted by Gasteiger charge is -2.13. The summed E-state index contributed by atoms with van der Waals surface area (Å²) >= 11 is 0. The van der Waals surface area contributed by atoms with E-state index in [1.54, 1.807) is 6.07 Å². The van der Waals surface area contributed by atoms with Crippen LogP contribution in [0.4, 0.5) is 4.39 Å². The summed E-state index contributed by atoms with van der Waals surface area (Å²) in [6.45, 7) is 0. The summed E-state index contributed by atoms with van der Waals surface area (Å²) in [5.74, 6) is 0.387. The van der Waals surface area contributed by atoms with Crippen molar-refractivity contribution in [3.8, 4) is 67.4 Å². The van der Waals surface area contributed by atoms with Gasteiger partial charge < -0.3 is 9.13 Å². The third-order valence-corrected chi connectivity index (χ3v) is 15.1. The SMILES string of the molecule is Fc1ccc2cc(-c3nc(-c4ccc(-n5c6ccc(-c7ccccc7)cc6c6cc(-c7ccc8c(c7)c7cc(-c9ccccc9)ccc7n8-c7ccccc7)ccc65)cc4)nc4c3ccc3ccccc34)ccc2c1. The van der Waals surface area contributed by atoms with Gasteiger partial charge in [-0.2, -0.15) is 0 Å². The second-order valence-corrected chi connectivity index (χ2v) is 19.5. The quantitative estimate of drug-likeness (QED) is 0.149. The van der Waals surface area contributed by atoms with Gasteiger partial charge in [-0.25, -0.2) is 14.4 Å². The molecule has 5 heteroatoms. The summed E-state index contributed by atoms with van der Waals surface area (Å²) < 4.78 is 19.0. The van der Waals surface area contributed by atoms with Crippen molar-refractivity contribution in [2.45, 2.75) is 0 Å². The Morgan fingerprint density at radius 1 is 0.267 bits per heavy atom. The van der Waals surface area contributed by atoms with Crippen LogP contribution in [0.25, 0.3) is 143 Å². The zero-order chi connectivity index (χ0) is 49.6. The predicted octanol–water partition coefficient (Wildman–Crippen LogP) is 18.6. The second kappa shape index (κ2) is 17.1. The van der Waals surface area contributed by atoms with Crippen LogP contribution in [0.3, 0.4) is 0 Å². The van der Waals surface area contributed by atoms with E-state index in [2.05, 4.69) is 240 Å². The lowest BCUT2D eigenvalue weighted by Crippen LogP contribution is -1.97. The molecule has 0 radical (unpaired) electrons. The highest BCUT2D eigenvalue weighted by atomic mass is 19.1. The van der Waals surface area contributed by atoms with Gasteiger partial charge in [0.25, 0.3) is 0 Å². The fourth-order valence-electron chi connectivity index (χ4n) is 11.5. The Balaban J connectivity index is 0.882. The Bertz CT molecular complexity index is 4750. The number of rotatable bonds is 7. The van der Waals surface area contributed by atoms with Gasteiger partial charge in [-0.05, 0) is 159 Å². The highest BCUT2D eigenvalue weighted by Crippen LogP contribution is 2.42. The molecule has 3 aromatic heterocycles. The van der Waals surface area contributed by atoms with E-state index in [4.69, 9.17) is 9.97 Å². The first-order valence-corrected chi connectivity index (χ1v) is 25.4. The summed E-state index contributed by atoms with van der Waals surface area (Å²) in [6, 6.07) is 91.9. The highest BCUT2D eigenvalue weighted by Gasteiger charge is 2.20. The van der Waals surface area contributed by atoms with Gasteiger partial charge in [0.2, 0.25) is 0 Å². The molecule has 0 atom stereocenters. The van der Waals surface area contributed by atoms with Crippen LogP contribution in [0.15, 0.2) is 261 Å². The van der Waals surface area contributed by atoms with Crippen molar-refractivity contribution in [1.29, 1.82) is 0 Å². The molecule has 12 aromatic carbocycles. The van der Waals surface area contributed by atoms with E-state index < -0.39 is 0 Å². The summed E-state index contributed by atoms with van der Waals surface area (Å²) in [4.78, 5) is 10.6. The molecule has 0 unspecified atom stereocenters. The van der Waals surface area contributed by atoms with Crippen molar-refractivity contribution in [3.63, 3.8) is 0 Å². The average molecular weight is 959 g/mol. The molecule has 15 aromatic rings. The maximum atomic E-state index is 14.2. The fourth-order valence-corrected chi connectivity index (χ4v) is 11.5. The molecule has 0 aliphatic carbocycles. The van der Waals surface area contributed by atoms with Crippen LogP contribution in [0.5, 0.6) is 0 Å². The van der Waals surface area contributed by atoms with Crippen molar-refractivity contribution >= 4 is 76.1 Å². The minimum Gasteiger partial charge on any atom is -0.309 e. The number of nitrogens with zero attached hydrogens (tertiary/aromatic N) is 4. The highest BCUT2D eigenvalue weighted by molar-refractivity contribution is 6.14. The molecule has 0 N–H and O–H groups in total. The lowest BCUT2D eigenvalue weighted by atomic mass is 9.98. The Labute approximate surface area is 431 Å². The molecular weight excluding hydrogens is 916 g/mol. The number of hydrogen-bond acceptors (Lipinski definition) is 2. The number of aromatic nitrogens is 4. The molecule has 0 aliphatic heterocycles. The van der Waals surface area contributed by atoms with E-state index in [9.17, 15) is 4.39 Å². The van der Waals surface area contributed by atoms with Crippen molar-refractivity contribution in [2.75, 3.05) is 0 Å². The molecular formula is C70H43FN4. The normalized spacial score (nSPS) is 11.8. The third-order valence-electron chi connectivity index (χ3n) is 15.1. The van der Waals surface area contributed by atoms with E-state index in [0.717, 1.165) is 82.8 Å². The smallest absolute Gasteiger partial charge is 0.160 e. The Morgan fingerprint density at radius 2 is 0.707 bits per heavy atom. The molecule has 3 heterocycles. The minimum absolute atomic E-state index is 0.251. The van der Waals surface area contributed by atoms with E-state index >= 15 is 0 Å². The van der Waals surface area contributed by atoms with Crippen LogP contribution < -0.4 is 0 Å². The Hall–Kier alpha value is -9.97. The summed E-state index contributed by atoms with van der Waals surface area (Å²) in [5, 5.41) is 9.73. The standard InChI is InChI=1S/C70H43FN4/c71-55-30-22-48-38-54(21-20-49(48)39-55)68-59-33-25-46-16-10-11-19-58(46)69(59)73-70(72-68)47-23-31-57(32-24-47)75-66-35-27-51(45-14-6-2-7-15-45)41-61(66)63-43-53(29-37-67(63)75)52-28-36-65-62(42-52)60-40-50(44-12-4-1-5-13-44)26-34-64(60)74(65)56-17-8-3-9-18-56/h1-43H. The monoisotopic (exact) mass is 958 g/mol. The largest absolute Gasteiger partial charge is 0.309 e. The van der Waals surface area contributed by atoms with Crippen molar-refractivity contribution in [2.24, 2.45) is 0 Å². The lowest BCUT2D eigenvalue weighted by molar-refractivity contribution is 0.630. The zero-order valence-electron chi connectivity index (χ0n) is 40.5. The van der Waals surface area contributed by atoms with Gasteiger partial charge in [-0.3, -0.25) is 0 Å². The second-order valence-electron chi connectivity index (χ2n) is 19.5. The van der Waals surface area contributed by atoms with Gasteiger partial charge in [-0.15, -0.1) is 0 Å². The summed E-state index contributed by atoms with van der Waals surface area (Å²) in [5.41, 5.74) is 17.4. The van der Waals surface area contributed by atoms with Crippen LogP contribution in [0.1, 0.15) is 0 Å². The maximum absolute atomic E-state index is 14.2. The van der Waals surface area contributed by atoms with E-state index in [-0.39, 0.29) is 5.82 Å². The Morgan fingerprint density at radius 3 is 1.28 bits per heavy atom. The van der Waals surface area contributed by atoms with Crippen molar-refractivity contribution in [1.82, 2.24) is 19.1 Å². The van der Waals surface area contributed by atoms with Gasteiger partial charge in [-0.1, -0.05) is 152 Å². The van der Waals surface area contributed by atoms with Gasteiger partial charge >= 0.3 is 0 Å². The molecule has 0 fully saturated rings. The number of halogens is 1. The molecule has 0 aliphatic rings. The Kier molecular flexibility index (Phi) is 9.72. The third kappa shape index (κ3) is 7.12. The van der Waals surface area contributed by atoms with Crippen LogP contribution in [0, 0.1) is 5.82 Å². The average Bonchev–Trinajstić information content (AvgIpc) is 4.04. The first-order chi connectivity index (χ1) is 37.1. The molecule has 0 saturated carbocycles. The van der Waals surface area contributed by atoms with Crippen molar-refractivity contribution in [3.05, 3.63) is 267 Å². The first kappa shape index (κ1) is 42.7. The fraction of sp³-hybridized carbons (Fsp3) is 0. The molecule has 15 rings (SSSR count). The number of para-hydroxylation sites is 1. The summed E-state index contributed by atoms with van der Waals surface area (Å²) in [6.07, 6.45) is 0. The molecule has 0 bridgehead atoms. The van der Waals surface area contributed by atoms with Gasteiger partial charge in [0.1, 0.15) is 5.82 Å². The van der Waals surface area contributed by atoms with Crippen LogP contribution >= 0.6 is 0 Å². The predicted molar refractivity (Wildman–Crippen MR) is 310 cm³/mol. The maximum Gasteiger partial charge on any atom is 0.160 e. The number of benzene rings is 12. The number of hydrogen-bond donors (Lipinski definition) is 0. The van der Waals surface area contributed by atoms with Crippen molar-refractivity contribution < 1.29 is 4.39 Å². The van der Waals surface area contributed by atoms with Crippen LogP contribution in [0.2, 0.25) is 0 Å². The van der Waals surface area contributed by atoms with Crippen LogP contribution in [-0.2, 0) is 0 Å². The topological polar surface area (TPSA) is 35.6 Å². The van der Waals surface area contributed by atoms with Gasteiger partial charge in [0.05, 0.1) is 33.3 Å². The van der Waals surface area contributed by atoms with E-state index in [0.29, 0.717) is 5.82 Å². The molecule has 350 valence electrons. The summed E-state index contributed by atoms with van der Waals surface area (Å²) in [7, 11) is 0. The molecule has 0 spiro atoms. The molecule has 75 heavy (non-hydrogen) atoms. The van der Waals surface area contributed by atoms with Crippen LogP contribution in [-0.4, -0.2) is 19.1 Å². The van der Waals surface area contributed by atoms with E-state index in [1.165, 1.54) is 60.9 Å². The zero-order valence-corrected chi connectivity index (χ0v) is 40.5. The molecule has 4 nitrogen and oxygen atoms in total. The number of fused-ring (bicyclic) bond motifs is 10. The van der Waals surface area contributed by atoms with Gasteiger partial charge in [0.15, 0.2) is 5.82 Å². The van der Waals surface area contributed by atoms with E-state index in [1.807, 2.05) is 18.2 Å². The van der Waals surface area contributed by atoms with Gasteiger partial charge in [0, 0.05) is 54.8 Å². The molecule has 0 amide bonds. The molecule has 0 saturated heterocycles. The first-order valence-electron chi connectivity index (χ1n) is 25.4. The minimum atomic E-state index is -0.251.